The highest BCUT2D eigenvalue weighted by molar-refractivity contribution is 5.92. The predicted molar refractivity (Wildman–Crippen MR) is 82.1 cm³/mol. The van der Waals surface area contributed by atoms with E-state index < -0.39 is 11.4 Å². The van der Waals surface area contributed by atoms with Gasteiger partial charge in [-0.15, -0.1) is 0 Å². The maximum absolute atomic E-state index is 12.4. The Labute approximate surface area is 126 Å². The zero-order chi connectivity index (χ0) is 15.3. The van der Waals surface area contributed by atoms with Crippen LogP contribution in [0, 0.1) is 11.3 Å². The number of ether oxygens (including phenoxy) is 1. The first-order valence-electron chi connectivity index (χ1n) is 7.77. The fourth-order valence-corrected chi connectivity index (χ4v) is 3.03. The third kappa shape index (κ3) is 3.93. The number of rotatable bonds is 5. The Morgan fingerprint density at radius 2 is 1.71 bits per heavy atom. The van der Waals surface area contributed by atoms with E-state index in [1.54, 1.807) is 24.3 Å². The van der Waals surface area contributed by atoms with Gasteiger partial charge in [0, 0.05) is 5.41 Å². The summed E-state index contributed by atoms with van der Waals surface area (Å²) in [6.45, 7) is 3.85. The molecular weight excluding hydrogens is 264 g/mol. The molecule has 1 aromatic rings. The smallest absolute Gasteiger partial charge is 0.338 e. The normalized spacial score (nSPS) is 16.5. The second-order valence-corrected chi connectivity index (χ2v) is 6.42. The van der Waals surface area contributed by atoms with Crippen molar-refractivity contribution >= 4 is 11.8 Å². The molecule has 0 radical (unpaired) electrons. The van der Waals surface area contributed by atoms with Gasteiger partial charge >= 0.3 is 5.97 Å². The molecule has 1 fully saturated rings. The van der Waals surface area contributed by atoms with Gasteiger partial charge in [-0.25, -0.2) is 4.79 Å². The Balaban J connectivity index is 1.90. The number of hydrogen-bond donors (Lipinski definition) is 0. The second-order valence-electron chi connectivity index (χ2n) is 6.42. The lowest BCUT2D eigenvalue weighted by Gasteiger charge is -2.35. The molecule has 1 aliphatic rings. The number of esters is 1. The van der Waals surface area contributed by atoms with E-state index in [0.29, 0.717) is 11.5 Å². The van der Waals surface area contributed by atoms with Gasteiger partial charge in [0.05, 0.1) is 5.56 Å². The zero-order valence-electron chi connectivity index (χ0n) is 12.9. The highest BCUT2D eigenvalue weighted by Crippen LogP contribution is 2.38. The van der Waals surface area contributed by atoms with E-state index in [4.69, 9.17) is 4.74 Å². The first-order valence-corrected chi connectivity index (χ1v) is 7.77. The SMILES string of the molecule is CC(C)(C(=O)COC(=O)c1ccccc1)C1CCCCC1. The summed E-state index contributed by atoms with van der Waals surface area (Å²) in [5, 5.41) is 0. The van der Waals surface area contributed by atoms with E-state index in [0.717, 1.165) is 12.8 Å². The van der Waals surface area contributed by atoms with Gasteiger partial charge in [-0.05, 0) is 30.9 Å². The zero-order valence-corrected chi connectivity index (χ0v) is 12.9. The number of carbonyl (C=O) groups is 2. The van der Waals surface area contributed by atoms with Crippen LogP contribution in [-0.4, -0.2) is 18.4 Å². The highest BCUT2D eigenvalue weighted by Gasteiger charge is 2.37. The van der Waals surface area contributed by atoms with Crippen molar-refractivity contribution in [3.8, 4) is 0 Å². The molecule has 0 amide bonds. The van der Waals surface area contributed by atoms with Gasteiger partial charge in [-0.1, -0.05) is 51.3 Å². The summed E-state index contributed by atoms with van der Waals surface area (Å²) >= 11 is 0. The molecule has 0 N–H and O–H groups in total. The minimum atomic E-state index is -0.427. The van der Waals surface area contributed by atoms with Crippen molar-refractivity contribution in [2.45, 2.75) is 46.0 Å². The van der Waals surface area contributed by atoms with E-state index in [2.05, 4.69) is 0 Å². The molecule has 0 heterocycles. The van der Waals surface area contributed by atoms with Gasteiger partial charge in [0.2, 0.25) is 0 Å². The van der Waals surface area contributed by atoms with Crippen LogP contribution in [0.2, 0.25) is 0 Å². The third-order valence-electron chi connectivity index (χ3n) is 4.69. The summed E-state index contributed by atoms with van der Waals surface area (Å²) in [4.78, 5) is 24.3. The lowest BCUT2D eigenvalue weighted by atomic mass is 9.69. The molecule has 114 valence electrons. The number of Topliss-reactive ketones (excluding diaryl/α,β-unsaturated/α-hetero) is 1. The Morgan fingerprint density at radius 3 is 2.33 bits per heavy atom. The molecule has 0 spiro atoms. The molecular formula is C18H24O3. The summed E-state index contributed by atoms with van der Waals surface area (Å²) in [7, 11) is 0. The van der Waals surface area contributed by atoms with Crippen LogP contribution in [0.15, 0.2) is 30.3 Å². The Bertz CT molecular complexity index is 484. The van der Waals surface area contributed by atoms with Gasteiger partial charge in [0.25, 0.3) is 0 Å². The molecule has 3 heteroatoms. The molecule has 3 nitrogen and oxygen atoms in total. The number of carbonyl (C=O) groups excluding carboxylic acids is 2. The Morgan fingerprint density at radius 1 is 1.10 bits per heavy atom. The van der Waals surface area contributed by atoms with Crippen LogP contribution in [0.25, 0.3) is 0 Å². The quantitative estimate of drug-likeness (QED) is 0.769. The molecule has 1 aliphatic carbocycles. The van der Waals surface area contributed by atoms with E-state index >= 15 is 0 Å². The molecule has 1 aromatic carbocycles. The topological polar surface area (TPSA) is 43.4 Å². The van der Waals surface area contributed by atoms with Crippen LogP contribution in [0.5, 0.6) is 0 Å². The van der Waals surface area contributed by atoms with Gasteiger partial charge in [-0.3, -0.25) is 4.79 Å². The van der Waals surface area contributed by atoms with Crippen LogP contribution >= 0.6 is 0 Å². The monoisotopic (exact) mass is 288 g/mol. The molecule has 0 atom stereocenters. The third-order valence-corrected chi connectivity index (χ3v) is 4.69. The molecule has 2 rings (SSSR count). The van der Waals surface area contributed by atoms with E-state index in [9.17, 15) is 9.59 Å². The van der Waals surface area contributed by atoms with Crippen molar-refractivity contribution in [1.29, 1.82) is 0 Å². The summed E-state index contributed by atoms with van der Waals surface area (Å²) in [6, 6.07) is 8.79. The van der Waals surface area contributed by atoms with Crippen molar-refractivity contribution in [3.05, 3.63) is 35.9 Å². The Hall–Kier alpha value is -1.64. The first-order chi connectivity index (χ1) is 10.0. The first kappa shape index (κ1) is 15.7. The van der Waals surface area contributed by atoms with E-state index in [1.807, 2.05) is 19.9 Å². The molecule has 1 saturated carbocycles. The molecule has 0 aliphatic heterocycles. The van der Waals surface area contributed by atoms with Gasteiger partial charge in [0.1, 0.15) is 0 Å². The summed E-state index contributed by atoms with van der Waals surface area (Å²) in [5.41, 5.74) is 0.0815. The number of ketones is 1. The fraction of sp³-hybridized carbons (Fsp3) is 0.556. The van der Waals surface area contributed by atoms with Crippen molar-refractivity contribution in [1.82, 2.24) is 0 Å². The molecule has 0 saturated heterocycles. The largest absolute Gasteiger partial charge is 0.454 e. The number of hydrogen-bond acceptors (Lipinski definition) is 3. The predicted octanol–water partition coefficient (Wildman–Crippen LogP) is 4.02. The molecule has 0 bridgehead atoms. The average Bonchev–Trinajstić information content (AvgIpc) is 2.53. The van der Waals surface area contributed by atoms with Crippen molar-refractivity contribution in [3.63, 3.8) is 0 Å². The van der Waals surface area contributed by atoms with Crippen molar-refractivity contribution < 1.29 is 14.3 Å². The van der Waals surface area contributed by atoms with Gasteiger partial charge in [0.15, 0.2) is 12.4 Å². The number of benzene rings is 1. The molecule has 21 heavy (non-hydrogen) atoms. The summed E-state index contributed by atoms with van der Waals surface area (Å²) in [6.07, 6.45) is 5.87. The van der Waals surface area contributed by atoms with Crippen molar-refractivity contribution in [2.75, 3.05) is 6.61 Å². The van der Waals surface area contributed by atoms with E-state index in [-0.39, 0.29) is 12.4 Å². The van der Waals surface area contributed by atoms with Crippen LogP contribution in [0.3, 0.4) is 0 Å². The van der Waals surface area contributed by atoms with E-state index in [1.165, 1.54) is 19.3 Å². The summed E-state index contributed by atoms with van der Waals surface area (Å²) in [5.74, 6) is 0.0104. The maximum Gasteiger partial charge on any atom is 0.338 e. The summed E-state index contributed by atoms with van der Waals surface area (Å²) < 4.78 is 5.18. The van der Waals surface area contributed by atoms with Crippen LogP contribution in [0.4, 0.5) is 0 Å². The van der Waals surface area contributed by atoms with Crippen LogP contribution in [-0.2, 0) is 9.53 Å². The van der Waals surface area contributed by atoms with Crippen LogP contribution < -0.4 is 0 Å². The van der Waals surface area contributed by atoms with Crippen LogP contribution in [0.1, 0.15) is 56.3 Å². The lowest BCUT2D eigenvalue weighted by molar-refractivity contribution is -0.133. The Kier molecular flexibility index (Phi) is 5.16. The fourth-order valence-electron chi connectivity index (χ4n) is 3.03. The molecule has 0 aromatic heterocycles. The highest BCUT2D eigenvalue weighted by atomic mass is 16.5. The maximum atomic E-state index is 12.4. The standard InChI is InChI=1S/C18H24O3/c1-18(2,15-11-7-4-8-12-15)16(19)13-21-17(20)14-9-5-3-6-10-14/h3,5-6,9-10,15H,4,7-8,11-13H2,1-2H3. The van der Waals surface area contributed by atoms with Gasteiger partial charge < -0.3 is 4.74 Å². The van der Waals surface area contributed by atoms with Crippen molar-refractivity contribution in [2.24, 2.45) is 11.3 Å². The minimum Gasteiger partial charge on any atom is -0.454 e. The second kappa shape index (κ2) is 6.88. The average molecular weight is 288 g/mol. The molecule has 0 unspecified atom stereocenters. The lowest BCUT2D eigenvalue weighted by Crippen LogP contribution is -2.37. The minimum absolute atomic E-state index is 0.0266. The van der Waals surface area contributed by atoms with Gasteiger partial charge in [-0.2, -0.15) is 0 Å².